The zero-order valence-electron chi connectivity index (χ0n) is 31.7. The van der Waals surface area contributed by atoms with Crippen molar-refractivity contribution in [1.29, 1.82) is 0 Å². The van der Waals surface area contributed by atoms with Gasteiger partial charge >= 0.3 is 12.4 Å². The van der Waals surface area contributed by atoms with Gasteiger partial charge in [-0.05, 0) is 91.7 Å². The monoisotopic (exact) mass is 789 g/mol. The smallest absolute Gasteiger partial charge is 0.308 e. The molecule has 9 rings (SSSR count). The highest BCUT2D eigenvalue weighted by Crippen LogP contribution is 2.45. The van der Waals surface area contributed by atoms with Gasteiger partial charge in [-0.2, -0.15) is 26.3 Å². The van der Waals surface area contributed by atoms with Gasteiger partial charge in [0.25, 0.3) is 0 Å². The van der Waals surface area contributed by atoms with Crippen molar-refractivity contribution in [2.24, 2.45) is 0 Å². The lowest BCUT2D eigenvalue weighted by Gasteiger charge is -2.22. The molecule has 0 spiro atoms. The molecule has 0 aliphatic carbocycles. The molecule has 0 aliphatic rings. The Labute approximate surface area is 335 Å². The second-order valence-electron chi connectivity index (χ2n) is 14.6. The normalized spacial score (nSPS) is 12.1. The molecule has 2 aromatic heterocycles. The van der Waals surface area contributed by atoms with E-state index in [0.29, 0.717) is 50.7 Å². The van der Waals surface area contributed by atoms with Crippen LogP contribution >= 0.6 is 0 Å². The fourth-order valence-electron chi connectivity index (χ4n) is 7.70. The molecule has 0 unspecified atom stereocenters. The summed E-state index contributed by atoms with van der Waals surface area (Å²) in [6.07, 6.45) is -9.15. The van der Waals surface area contributed by atoms with E-state index in [4.69, 9.17) is 9.97 Å². The highest BCUT2D eigenvalue weighted by atomic mass is 19.4. The maximum atomic E-state index is 14.0. The Balaban J connectivity index is 1.42. The van der Waals surface area contributed by atoms with Crippen LogP contribution < -0.4 is 0 Å². The summed E-state index contributed by atoms with van der Waals surface area (Å²) in [5.74, 6) is 0.326. The van der Waals surface area contributed by atoms with Gasteiger partial charge in [0.05, 0.1) is 39.2 Å². The van der Waals surface area contributed by atoms with Gasteiger partial charge in [0.15, 0.2) is 5.82 Å². The van der Waals surface area contributed by atoms with E-state index in [0.717, 1.165) is 68.3 Å². The Bertz CT molecular complexity index is 2810. The highest BCUT2D eigenvalue weighted by molar-refractivity contribution is 6.11. The maximum absolute atomic E-state index is 14.0. The Morgan fingerprint density at radius 2 is 0.814 bits per heavy atom. The number of fused-ring (bicyclic) bond motifs is 3. The van der Waals surface area contributed by atoms with Gasteiger partial charge in [0.1, 0.15) is 0 Å². The van der Waals surface area contributed by atoms with Gasteiger partial charge in [-0.1, -0.05) is 108 Å². The molecule has 290 valence electrons. The molecule has 9 aromatic rings. The first-order valence-electron chi connectivity index (χ1n) is 18.9. The zero-order chi connectivity index (χ0) is 41.1. The third-order valence-electron chi connectivity index (χ3n) is 10.6. The van der Waals surface area contributed by atoms with Crippen molar-refractivity contribution >= 4 is 21.8 Å². The third kappa shape index (κ3) is 7.14. The van der Waals surface area contributed by atoms with Crippen LogP contribution in [0.2, 0.25) is 0 Å². The average molecular weight is 790 g/mol. The van der Waals surface area contributed by atoms with Crippen LogP contribution in [0.15, 0.2) is 164 Å². The molecule has 2 heterocycles. The van der Waals surface area contributed by atoms with Crippen molar-refractivity contribution in [1.82, 2.24) is 14.5 Å². The van der Waals surface area contributed by atoms with E-state index in [1.165, 1.54) is 24.3 Å². The van der Waals surface area contributed by atoms with Crippen molar-refractivity contribution < 1.29 is 26.3 Å². The van der Waals surface area contributed by atoms with Crippen LogP contribution in [0.3, 0.4) is 0 Å². The first-order valence-corrected chi connectivity index (χ1v) is 18.9. The van der Waals surface area contributed by atoms with Crippen LogP contribution in [0.4, 0.5) is 26.3 Å². The summed E-state index contributed by atoms with van der Waals surface area (Å²) in [4.78, 5) is 10.1. The molecule has 0 aliphatic heterocycles. The summed E-state index contributed by atoms with van der Waals surface area (Å²) in [6.45, 7) is 4.00. The molecule has 0 atom stereocenters. The Kier molecular flexibility index (Phi) is 9.19. The lowest BCUT2D eigenvalue weighted by molar-refractivity contribution is -0.138. The predicted molar refractivity (Wildman–Crippen MR) is 223 cm³/mol. The van der Waals surface area contributed by atoms with Gasteiger partial charge in [-0.25, -0.2) is 9.97 Å². The van der Waals surface area contributed by atoms with Crippen LogP contribution in [0.5, 0.6) is 0 Å². The minimum Gasteiger partial charge on any atom is -0.308 e. The maximum Gasteiger partial charge on any atom is 0.416 e. The number of aromatic nitrogens is 3. The molecule has 0 bridgehead atoms. The topological polar surface area (TPSA) is 30.7 Å². The summed E-state index contributed by atoms with van der Waals surface area (Å²) in [5, 5.41) is 1.91. The van der Waals surface area contributed by atoms with E-state index in [-0.39, 0.29) is 0 Å². The molecule has 7 aromatic carbocycles. The standard InChI is InChI=1S/C50H33F6N3/c1-30-13-23-45-41(25-30)42-26-31(2)14-24-46(42)59(45)47-39(32-15-19-37(20-16-32)49(51,52)53)27-36(28-40(47)33-17-21-38(22-18-33)50(54,55)56)48-57-43(34-9-5-3-6-10-34)29-44(58-48)35-11-7-4-8-12-35/h3-29H,1-2H3. The lowest BCUT2D eigenvalue weighted by Crippen LogP contribution is -2.06. The van der Waals surface area contributed by atoms with E-state index in [2.05, 4.69) is 16.7 Å². The summed E-state index contributed by atoms with van der Waals surface area (Å²) >= 11 is 0. The average Bonchev–Trinajstić information content (AvgIpc) is 3.55. The van der Waals surface area contributed by atoms with E-state index in [1.54, 1.807) is 0 Å². The van der Waals surface area contributed by atoms with Gasteiger partial charge in [0, 0.05) is 38.6 Å². The number of aryl methyl sites for hydroxylation is 2. The van der Waals surface area contributed by atoms with Crippen LogP contribution in [-0.2, 0) is 12.4 Å². The van der Waals surface area contributed by atoms with Crippen LogP contribution in [-0.4, -0.2) is 14.5 Å². The van der Waals surface area contributed by atoms with Gasteiger partial charge in [-0.3, -0.25) is 0 Å². The minimum atomic E-state index is -4.57. The van der Waals surface area contributed by atoms with Crippen LogP contribution in [0, 0.1) is 13.8 Å². The summed E-state index contributed by atoms with van der Waals surface area (Å²) in [6, 6.07) is 46.9. The van der Waals surface area contributed by atoms with E-state index < -0.39 is 23.5 Å². The SMILES string of the molecule is Cc1ccc2c(c1)c1cc(C)ccc1n2-c1c(-c2ccc(C(F)(F)F)cc2)cc(-c2nc(-c3ccccc3)cc(-c3ccccc3)n2)cc1-c1ccc(C(F)(F)F)cc1. The van der Waals surface area contributed by atoms with Crippen molar-refractivity contribution in [2.75, 3.05) is 0 Å². The summed E-state index contributed by atoms with van der Waals surface area (Å²) < 4.78 is 85.9. The first kappa shape index (κ1) is 37.6. The number of alkyl halides is 6. The quantitative estimate of drug-likeness (QED) is 0.157. The van der Waals surface area contributed by atoms with Gasteiger partial charge in [0.2, 0.25) is 0 Å². The third-order valence-corrected chi connectivity index (χ3v) is 10.6. The Morgan fingerprint density at radius 3 is 1.20 bits per heavy atom. The zero-order valence-corrected chi connectivity index (χ0v) is 31.7. The fraction of sp³-hybridized carbons (Fsp3) is 0.0800. The van der Waals surface area contributed by atoms with E-state index in [1.807, 2.05) is 117 Å². The molecular weight excluding hydrogens is 757 g/mol. The molecule has 0 radical (unpaired) electrons. The molecule has 0 fully saturated rings. The molecule has 0 amide bonds. The number of rotatable bonds is 6. The van der Waals surface area contributed by atoms with Gasteiger partial charge in [-0.15, -0.1) is 0 Å². The number of benzene rings is 7. The largest absolute Gasteiger partial charge is 0.416 e. The second kappa shape index (κ2) is 14.4. The summed E-state index contributed by atoms with van der Waals surface area (Å²) in [5.41, 5.74) is 8.10. The van der Waals surface area contributed by atoms with Crippen molar-refractivity contribution in [2.45, 2.75) is 26.2 Å². The molecule has 0 saturated heterocycles. The number of halogens is 6. The molecule has 59 heavy (non-hydrogen) atoms. The van der Waals surface area contributed by atoms with Crippen molar-refractivity contribution in [3.63, 3.8) is 0 Å². The lowest BCUT2D eigenvalue weighted by atomic mass is 9.91. The van der Waals surface area contributed by atoms with Crippen molar-refractivity contribution in [3.05, 3.63) is 186 Å². The fourth-order valence-corrected chi connectivity index (χ4v) is 7.70. The first-order chi connectivity index (χ1) is 28.3. The molecular formula is C50H33F6N3. The number of hydrogen-bond donors (Lipinski definition) is 0. The minimum absolute atomic E-state index is 0.326. The Morgan fingerprint density at radius 1 is 0.407 bits per heavy atom. The second-order valence-corrected chi connectivity index (χ2v) is 14.6. The summed E-state index contributed by atoms with van der Waals surface area (Å²) in [7, 11) is 0. The molecule has 0 saturated carbocycles. The number of hydrogen-bond acceptors (Lipinski definition) is 2. The highest BCUT2D eigenvalue weighted by Gasteiger charge is 2.32. The van der Waals surface area contributed by atoms with E-state index in [9.17, 15) is 26.3 Å². The van der Waals surface area contributed by atoms with E-state index >= 15 is 0 Å². The Hall–Kier alpha value is -7.00. The van der Waals surface area contributed by atoms with Crippen LogP contribution in [0.1, 0.15) is 22.3 Å². The van der Waals surface area contributed by atoms with Gasteiger partial charge < -0.3 is 4.57 Å². The number of nitrogens with zero attached hydrogens (tertiary/aromatic N) is 3. The predicted octanol–water partition coefficient (Wildman–Crippen LogP) is 14.6. The van der Waals surface area contributed by atoms with Crippen molar-refractivity contribution in [3.8, 4) is 61.8 Å². The molecule has 0 N–H and O–H groups in total. The molecule has 3 nitrogen and oxygen atoms in total. The molecule has 9 heteroatoms. The van der Waals surface area contributed by atoms with Crippen LogP contribution in [0.25, 0.3) is 83.6 Å².